The van der Waals surface area contributed by atoms with Gasteiger partial charge in [0.15, 0.2) is 0 Å². The predicted octanol–water partition coefficient (Wildman–Crippen LogP) is 2.23. The standard InChI is InChI=1S/C18H26N2O6S2/c1-11(2)19-27(21,22)17-9-14-10-18(28(23,24)20-12(3)4)16(26-6)8-13(14)7-15(17)25-5/h7-12,19-20H,1-6H3. The first kappa shape index (κ1) is 22.4. The molecule has 0 saturated carbocycles. The van der Waals surface area contributed by atoms with E-state index in [-0.39, 0.29) is 33.4 Å². The summed E-state index contributed by atoms with van der Waals surface area (Å²) >= 11 is 0. The number of benzene rings is 2. The average Bonchev–Trinajstić information content (AvgIpc) is 2.57. The van der Waals surface area contributed by atoms with Crippen molar-refractivity contribution in [3.05, 3.63) is 24.3 Å². The van der Waals surface area contributed by atoms with Gasteiger partial charge in [0.1, 0.15) is 21.3 Å². The van der Waals surface area contributed by atoms with Gasteiger partial charge in [-0.15, -0.1) is 0 Å². The Morgan fingerprint density at radius 3 is 1.29 bits per heavy atom. The lowest BCUT2D eigenvalue weighted by Crippen LogP contribution is -2.30. The summed E-state index contributed by atoms with van der Waals surface area (Å²) in [4.78, 5) is -0.136. The van der Waals surface area contributed by atoms with Gasteiger partial charge < -0.3 is 9.47 Å². The molecule has 0 bridgehead atoms. The summed E-state index contributed by atoms with van der Waals surface area (Å²) in [5, 5.41) is 1.01. The SMILES string of the molecule is COc1cc2cc(OC)c(S(=O)(=O)NC(C)C)cc2cc1S(=O)(=O)NC(C)C. The van der Waals surface area contributed by atoms with Crippen molar-refractivity contribution in [3.8, 4) is 11.5 Å². The van der Waals surface area contributed by atoms with E-state index in [2.05, 4.69) is 9.44 Å². The zero-order valence-corrected chi connectivity index (χ0v) is 18.4. The predicted molar refractivity (Wildman–Crippen MR) is 108 cm³/mol. The number of hydrogen-bond acceptors (Lipinski definition) is 6. The molecule has 0 unspecified atom stereocenters. The van der Waals surface area contributed by atoms with Crippen molar-refractivity contribution in [1.82, 2.24) is 9.44 Å². The summed E-state index contributed by atoms with van der Waals surface area (Å²) in [6.07, 6.45) is 0. The fraction of sp³-hybridized carbons (Fsp3) is 0.444. The number of sulfonamides is 2. The highest BCUT2D eigenvalue weighted by molar-refractivity contribution is 7.90. The van der Waals surface area contributed by atoms with Gasteiger partial charge in [0.2, 0.25) is 20.0 Å². The molecule has 0 radical (unpaired) electrons. The molecule has 2 aromatic rings. The molecule has 0 spiro atoms. The lowest BCUT2D eigenvalue weighted by Gasteiger charge is -2.16. The van der Waals surface area contributed by atoms with E-state index in [0.717, 1.165) is 0 Å². The van der Waals surface area contributed by atoms with Crippen LogP contribution in [0.5, 0.6) is 11.5 Å². The van der Waals surface area contributed by atoms with Gasteiger partial charge in [0.25, 0.3) is 0 Å². The Bertz CT molecular complexity index is 994. The highest BCUT2D eigenvalue weighted by Gasteiger charge is 2.25. The van der Waals surface area contributed by atoms with Crippen molar-refractivity contribution in [1.29, 1.82) is 0 Å². The highest BCUT2D eigenvalue weighted by Crippen LogP contribution is 2.35. The van der Waals surface area contributed by atoms with Crippen LogP contribution >= 0.6 is 0 Å². The second-order valence-electron chi connectivity index (χ2n) is 6.91. The van der Waals surface area contributed by atoms with Crippen molar-refractivity contribution in [3.63, 3.8) is 0 Å². The third-order valence-electron chi connectivity index (χ3n) is 3.77. The minimum atomic E-state index is -3.85. The maximum atomic E-state index is 12.7. The van der Waals surface area contributed by atoms with Crippen LogP contribution in [0.3, 0.4) is 0 Å². The van der Waals surface area contributed by atoms with Gasteiger partial charge in [0, 0.05) is 12.1 Å². The van der Waals surface area contributed by atoms with E-state index in [9.17, 15) is 16.8 Å². The number of hydrogen-bond donors (Lipinski definition) is 2. The van der Waals surface area contributed by atoms with Crippen LogP contribution in [0.2, 0.25) is 0 Å². The third-order valence-corrected chi connectivity index (χ3v) is 7.13. The molecule has 0 aliphatic heterocycles. The summed E-state index contributed by atoms with van der Waals surface area (Å²) in [7, 11) is -4.95. The molecule has 0 amide bonds. The van der Waals surface area contributed by atoms with Crippen molar-refractivity contribution < 1.29 is 26.3 Å². The molecule has 0 saturated heterocycles. The zero-order valence-electron chi connectivity index (χ0n) is 16.7. The second kappa shape index (κ2) is 8.24. The van der Waals surface area contributed by atoms with Gasteiger partial charge in [0.05, 0.1) is 14.2 Å². The fourth-order valence-corrected chi connectivity index (χ4v) is 5.63. The number of ether oxygens (including phenoxy) is 2. The topological polar surface area (TPSA) is 111 Å². The Balaban J connectivity index is 2.78. The van der Waals surface area contributed by atoms with E-state index in [0.29, 0.717) is 10.8 Å². The van der Waals surface area contributed by atoms with Crippen molar-refractivity contribution in [2.45, 2.75) is 49.6 Å². The molecule has 0 atom stereocenters. The third kappa shape index (κ3) is 4.75. The van der Waals surface area contributed by atoms with E-state index in [1.165, 1.54) is 26.4 Å². The molecule has 8 nitrogen and oxygen atoms in total. The molecule has 2 N–H and O–H groups in total. The normalized spacial score (nSPS) is 12.7. The molecule has 0 aliphatic carbocycles. The van der Waals surface area contributed by atoms with E-state index in [4.69, 9.17) is 9.47 Å². The number of methoxy groups -OCH3 is 2. The zero-order chi connectivity index (χ0) is 21.3. The van der Waals surface area contributed by atoms with Crippen molar-refractivity contribution in [2.24, 2.45) is 0 Å². The maximum Gasteiger partial charge on any atom is 0.244 e. The molecule has 2 rings (SSSR count). The van der Waals surface area contributed by atoms with Crippen molar-refractivity contribution in [2.75, 3.05) is 14.2 Å². The molecule has 0 heterocycles. The van der Waals surface area contributed by atoms with Gasteiger partial charge in [-0.1, -0.05) is 0 Å². The van der Waals surface area contributed by atoms with Crippen LogP contribution in [-0.4, -0.2) is 43.1 Å². The Kier molecular flexibility index (Phi) is 6.59. The van der Waals surface area contributed by atoms with Crippen LogP contribution in [0.15, 0.2) is 34.1 Å². The summed E-state index contributed by atoms with van der Waals surface area (Å²) in [5.74, 6) is 0.303. The minimum Gasteiger partial charge on any atom is -0.495 e. The summed E-state index contributed by atoms with van der Waals surface area (Å²) in [6.45, 7) is 6.83. The molecule has 10 heteroatoms. The average molecular weight is 431 g/mol. The number of nitrogens with one attached hydrogen (secondary N) is 2. The minimum absolute atomic E-state index is 0.0680. The largest absolute Gasteiger partial charge is 0.495 e. The molecule has 28 heavy (non-hydrogen) atoms. The molecule has 156 valence electrons. The second-order valence-corrected chi connectivity index (χ2v) is 10.3. The molecule has 0 aliphatic rings. The Labute approximate surface area is 166 Å². The highest BCUT2D eigenvalue weighted by atomic mass is 32.2. The summed E-state index contributed by atoms with van der Waals surface area (Å²) < 4.78 is 66.2. The lowest BCUT2D eigenvalue weighted by atomic mass is 10.1. The Morgan fingerprint density at radius 1 is 0.679 bits per heavy atom. The Hall–Kier alpha value is -1.88. The first-order chi connectivity index (χ1) is 12.9. The van der Waals surface area contributed by atoms with Crippen LogP contribution < -0.4 is 18.9 Å². The van der Waals surface area contributed by atoms with Gasteiger partial charge in [-0.25, -0.2) is 26.3 Å². The monoisotopic (exact) mass is 430 g/mol. The molecule has 2 aromatic carbocycles. The summed E-state index contributed by atoms with van der Waals surface area (Å²) in [5.41, 5.74) is 0. The van der Waals surface area contributed by atoms with Gasteiger partial charge in [-0.2, -0.15) is 0 Å². The number of rotatable bonds is 8. The van der Waals surface area contributed by atoms with E-state index >= 15 is 0 Å². The van der Waals surface area contributed by atoms with E-state index in [1.807, 2.05) is 0 Å². The van der Waals surface area contributed by atoms with E-state index in [1.54, 1.807) is 39.8 Å². The van der Waals surface area contributed by atoms with E-state index < -0.39 is 20.0 Å². The van der Waals surface area contributed by atoms with Crippen LogP contribution in [-0.2, 0) is 20.0 Å². The molecular weight excluding hydrogens is 404 g/mol. The maximum absolute atomic E-state index is 12.7. The molecule has 0 fully saturated rings. The lowest BCUT2D eigenvalue weighted by molar-refractivity contribution is 0.401. The summed E-state index contributed by atoms with van der Waals surface area (Å²) in [6, 6.07) is 5.25. The first-order valence-corrected chi connectivity index (χ1v) is 11.6. The van der Waals surface area contributed by atoms with Gasteiger partial charge >= 0.3 is 0 Å². The molecule has 0 aromatic heterocycles. The van der Waals surface area contributed by atoms with Crippen LogP contribution in [0.25, 0.3) is 10.8 Å². The molecular formula is C18H26N2O6S2. The fourth-order valence-electron chi connectivity index (χ4n) is 2.75. The van der Waals surface area contributed by atoms with Crippen LogP contribution in [0.4, 0.5) is 0 Å². The smallest absolute Gasteiger partial charge is 0.244 e. The van der Waals surface area contributed by atoms with Gasteiger partial charge in [-0.05, 0) is 62.7 Å². The van der Waals surface area contributed by atoms with Crippen LogP contribution in [0.1, 0.15) is 27.7 Å². The van der Waals surface area contributed by atoms with Crippen LogP contribution in [0, 0.1) is 0 Å². The quantitative estimate of drug-likeness (QED) is 0.664. The van der Waals surface area contributed by atoms with Crippen molar-refractivity contribution >= 4 is 30.8 Å². The Morgan fingerprint density at radius 2 is 1.00 bits per heavy atom. The number of fused-ring (bicyclic) bond motifs is 1. The first-order valence-electron chi connectivity index (χ1n) is 8.65. The van der Waals surface area contributed by atoms with Gasteiger partial charge in [-0.3, -0.25) is 0 Å².